The van der Waals surface area contributed by atoms with Crippen LogP contribution in [0.25, 0.3) is 0 Å². The predicted molar refractivity (Wildman–Crippen MR) is 57.3 cm³/mol. The average Bonchev–Trinajstić information content (AvgIpc) is 2.60. The van der Waals surface area contributed by atoms with Crippen LogP contribution in [0.15, 0.2) is 0 Å². The molecule has 15 heavy (non-hydrogen) atoms. The van der Waals surface area contributed by atoms with Gasteiger partial charge in [-0.1, -0.05) is 0 Å². The Morgan fingerprint density at radius 3 is 2.53 bits per heavy atom. The summed E-state index contributed by atoms with van der Waals surface area (Å²) in [6, 6.07) is 0. The van der Waals surface area contributed by atoms with Crippen molar-refractivity contribution >= 4 is 11.8 Å². The van der Waals surface area contributed by atoms with E-state index in [4.69, 9.17) is 0 Å². The molecule has 1 saturated heterocycles. The van der Waals surface area contributed by atoms with Crippen LogP contribution in [0.5, 0.6) is 0 Å². The summed E-state index contributed by atoms with van der Waals surface area (Å²) in [5.41, 5.74) is -0.282. The largest absolute Gasteiger partial charge is 0.355 e. The number of nitrogens with one attached hydrogen (secondary N) is 3. The average molecular weight is 213 g/mol. The normalized spacial score (nSPS) is 24.9. The summed E-state index contributed by atoms with van der Waals surface area (Å²) in [5, 5.41) is 8.63. The summed E-state index contributed by atoms with van der Waals surface area (Å²) in [5.74, 6) is -0.00385. The van der Waals surface area contributed by atoms with Gasteiger partial charge in [-0.2, -0.15) is 0 Å². The van der Waals surface area contributed by atoms with E-state index < -0.39 is 0 Å². The molecule has 0 aromatic carbocycles. The summed E-state index contributed by atoms with van der Waals surface area (Å²) in [6.07, 6.45) is 0.874. The number of carbonyl (C=O) groups is 2. The van der Waals surface area contributed by atoms with Gasteiger partial charge in [0.15, 0.2) is 0 Å². The quantitative estimate of drug-likeness (QED) is 0.538. The van der Waals surface area contributed by atoms with Gasteiger partial charge in [-0.15, -0.1) is 0 Å². The molecule has 1 unspecified atom stereocenters. The van der Waals surface area contributed by atoms with Crippen molar-refractivity contribution in [2.45, 2.75) is 20.3 Å². The van der Waals surface area contributed by atoms with Crippen LogP contribution in [-0.2, 0) is 9.59 Å². The van der Waals surface area contributed by atoms with Gasteiger partial charge in [-0.05, 0) is 19.9 Å². The van der Waals surface area contributed by atoms with Crippen molar-refractivity contribution in [3.8, 4) is 0 Å². The van der Waals surface area contributed by atoms with E-state index in [0.717, 1.165) is 19.5 Å². The van der Waals surface area contributed by atoms with Gasteiger partial charge in [0, 0.05) is 26.6 Å². The van der Waals surface area contributed by atoms with E-state index in [9.17, 15) is 9.59 Å². The van der Waals surface area contributed by atoms with Crippen LogP contribution in [0.3, 0.4) is 0 Å². The molecule has 86 valence electrons. The molecule has 0 radical (unpaired) electrons. The molecule has 1 atom stereocenters. The molecule has 0 saturated carbocycles. The molecule has 3 N–H and O–H groups in total. The maximum Gasteiger partial charge on any atom is 0.227 e. The molecule has 0 spiro atoms. The smallest absolute Gasteiger partial charge is 0.227 e. The molecule has 5 heteroatoms. The third-order valence-electron chi connectivity index (χ3n) is 2.70. The zero-order valence-corrected chi connectivity index (χ0v) is 9.35. The maximum absolute atomic E-state index is 11.7. The Morgan fingerprint density at radius 2 is 2.00 bits per heavy atom. The molecule has 1 fully saturated rings. The zero-order chi connectivity index (χ0) is 11.3. The number of rotatable bonds is 4. The van der Waals surface area contributed by atoms with Crippen LogP contribution in [-0.4, -0.2) is 38.0 Å². The molecule has 2 amide bonds. The van der Waals surface area contributed by atoms with Crippen LogP contribution >= 0.6 is 0 Å². The van der Waals surface area contributed by atoms with Gasteiger partial charge in [0.1, 0.15) is 0 Å². The van der Waals surface area contributed by atoms with Crippen molar-refractivity contribution in [3.05, 3.63) is 0 Å². The minimum Gasteiger partial charge on any atom is -0.355 e. The molecule has 0 bridgehead atoms. The Kier molecular flexibility index (Phi) is 4.08. The molecule has 0 aromatic heterocycles. The van der Waals surface area contributed by atoms with Gasteiger partial charge in [0.05, 0.1) is 5.41 Å². The van der Waals surface area contributed by atoms with Gasteiger partial charge >= 0.3 is 0 Å². The van der Waals surface area contributed by atoms with Crippen LogP contribution < -0.4 is 16.0 Å². The highest BCUT2D eigenvalue weighted by atomic mass is 16.2. The monoisotopic (exact) mass is 213 g/mol. The Labute approximate surface area is 90.0 Å². The number of carbonyl (C=O) groups excluding carboxylic acids is 2. The van der Waals surface area contributed by atoms with Crippen molar-refractivity contribution in [1.29, 1.82) is 0 Å². The van der Waals surface area contributed by atoms with Gasteiger partial charge < -0.3 is 16.0 Å². The fraction of sp³-hybridized carbons (Fsp3) is 0.800. The van der Waals surface area contributed by atoms with Crippen LogP contribution in [0.1, 0.15) is 20.3 Å². The summed E-state index contributed by atoms with van der Waals surface area (Å²) in [7, 11) is 0. The molecule has 0 aromatic rings. The van der Waals surface area contributed by atoms with Crippen LogP contribution in [0, 0.1) is 5.41 Å². The van der Waals surface area contributed by atoms with Crippen molar-refractivity contribution in [3.63, 3.8) is 0 Å². The Hall–Kier alpha value is -1.10. The van der Waals surface area contributed by atoms with Crippen molar-refractivity contribution in [1.82, 2.24) is 16.0 Å². The second-order valence-corrected chi connectivity index (χ2v) is 4.23. The fourth-order valence-corrected chi connectivity index (χ4v) is 1.64. The molecule has 5 nitrogen and oxygen atoms in total. The first-order valence-electron chi connectivity index (χ1n) is 5.28. The van der Waals surface area contributed by atoms with E-state index in [1.54, 1.807) is 0 Å². The van der Waals surface area contributed by atoms with E-state index in [2.05, 4.69) is 16.0 Å². The van der Waals surface area contributed by atoms with E-state index >= 15 is 0 Å². The van der Waals surface area contributed by atoms with Gasteiger partial charge in [0.2, 0.25) is 11.8 Å². The van der Waals surface area contributed by atoms with Crippen LogP contribution in [0.2, 0.25) is 0 Å². The highest BCUT2D eigenvalue weighted by molar-refractivity contribution is 5.82. The summed E-state index contributed by atoms with van der Waals surface area (Å²) < 4.78 is 0. The second-order valence-electron chi connectivity index (χ2n) is 4.23. The number of hydrogen-bond donors (Lipinski definition) is 3. The lowest BCUT2D eigenvalue weighted by Crippen LogP contribution is -2.43. The second kappa shape index (κ2) is 5.11. The van der Waals surface area contributed by atoms with Crippen molar-refractivity contribution < 1.29 is 9.59 Å². The first-order valence-corrected chi connectivity index (χ1v) is 5.28. The Balaban J connectivity index is 2.21. The van der Waals surface area contributed by atoms with E-state index in [0.29, 0.717) is 13.1 Å². The lowest BCUT2D eigenvalue weighted by molar-refractivity contribution is -0.129. The van der Waals surface area contributed by atoms with E-state index in [1.165, 1.54) is 6.92 Å². The third kappa shape index (κ3) is 3.51. The minimum atomic E-state index is -0.282. The minimum absolute atomic E-state index is 0.0675. The highest BCUT2D eigenvalue weighted by Crippen LogP contribution is 2.24. The lowest BCUT2D eigenvalue weighted by Gasteiger charge is -2.21. The molecule has 1 heterocycles. The third-order valence-corrected chi connectivity index (χ3v) is 2.70. The predicted octanol–water partition coefficient (Wildman–Crippen LogP) is -0.762. The number of hydrogen-bond acceptors (Lipinski definition) is 3. The van der Waals surface area contributed by atoms with Gasteiger partial charge in [-0.3, -0.25) is 9.59 Å². The SMILES string of the molecule is CC(=O)NCCNC(=O)C1(C)CCNC1. The first kappa shape index (κ1) is 12.0. The Morgan fingerprint density at radius 1 is 1.33 bits per heavy atom. The summed E-state index contributed by atoms with van der Waals surface area (Å²) in [6.45, 7) is 6.04. The standard InChI is InChI=1S/C10H19N3O2/c1-8(14)12-5-6-13-9(15)10(2)3-4-11-7-10/h11H,3-7H2,1-2H3,(H,12,14)(H,13,15). The van der Waals surface area contributed by atoms with E-state index in [1.807, 2.05) is 6.92 Å². The summed E-state index contributed by atoms with van der Waals surface area (Å²) >= 11 is 0. The van der Waals surface area contributed by atoms with Crippen molar-refractivity contribution in [2.24, 2.45) is 5.41 Å². The topological polar surface area (TPSA) is 70.2 Å². The van der Waals surface area contributed by atoms with Gasteiger partial charge in [-0.25, -0.2) is 0 Å². The maximum atomic E-state index is 11.7. The molecular formula is C10H19N3O2. The lowest BCUT2D eigenvalue weighted by atomic mass is 9.89. The summed E-state index contributed by atoms with van der Waals surface area (Å²) in [4.78, 5) is 22.3. The number of amides is 2. The highest BCUT2D eigenvalue weighted by Gasteiger charge is 2.35. The molecule has 0 aliphatic carbocycles. The Bertz CT molecular complexity index is 247. The van der Waals surface area contributed by atoms with E-state index in [-0.39, 0.29) is 17.2 Å². The molecular weight excluding hydrogens is 194 g/mol. The molecule has 1 rings (SSSR count). The molecule has 1 aliphatic heterocycles. The van der Waals surface area contributed by atoms with Crippen molar-refractivity contribution in [2.75, 3.05) is 26.2 Å². The zero-order valence-electron chi connectivity index (χ0n) is 9.35. The van der Waals surface area contributed by atoms with Gasteiger partial charge in [0.25, 0.3) is 0 Å². The van der Waals surface area contributed by atoms with Crippen LogP contribution in [0.4, 0.5) is 0 Å². The fourth-order valence-electron chi connectivity index (χ4n) is 1.64. The first-order chi connectivity index (χ1) is 7.04. The molecule has 1 aliphatic rings.